The van der Waals surface area contributed by atoms with E-state index >= 15 is 0 Å². The Morgan fingerprint density at radius 2 is 2.14 bits per heavy atom. The molecule has 1 heterocycles. The molecule has 0 aliphatic rings. The van der Waals surface area contributed by atoms with E-state index in [1.54, 1.807) is 13.0 Å². The summed E-state index contributed by atoms with van der Waals surface area (Å²) in [5.74, 6) is 0.174. The smallest absolute Gasteiger partial charge is 0.376 e. The zero-order valence-corrected chi connectivity index (χ0v) is 13.3. The number of oxazole rings is 1. The summed E-state index contributed by atoms with van der Waals surface area (Å²) in [5, 5.41) is 0.650. The zero-order valence-electron chi connectivity index (χ0n) is 12.6. The van der Waals surface area contributed by atoms with E-state index in [0.717, 1.165) is 11.1 Å². The Bertz CT molecular complexity index is 662. The summed E-state index contributed by atoms with van der Waals surface area (Å²) in [5.41, 5.74) is 2.36. The zero-order chi connectivity index (χ0) is 15.6. The maximum Gasteiger partial charge on any atom is 0.376 e. The standard InChI is InChI=1S/C16H18ClNO3/c1-5-20-16(19)14-13(9(2)3)18-15(21-14)12-7-6-11(17)8-10(12)4/h6-9H,5H2,1-4H3. The normalized spacial score (nSPS) is 11.0. The van der Waals surface area contributed by atoms with Crippen molar-refractivity contribution in [2.24, 2.45) is 0 Å². The van der Waals surface area contributed by atoms with E-state index in [2.05, 4.69) is 4.98 Å². The fraction of sp³-hybridized carbons (Fsp3) is 0.375. The Kier molecular flexibility index (Phi) is 4.68. The number of aromatic nitrogens is 1. The Morgan fingerprint density at radius 1 is 1.43 bits per heavy atom. The first-order chi connectivity index (χ1) is 9.93. The summed E-state index contributed by atoms with van der Waals surface area (Å²) >= 11 is 5.96. The number of halogens is 1. The second-order valence-corrected chi connectivity index (χ2v) is 5.50. The summed E-state index contributed by atoms with van der Waals surface area (Å²) in [6.45, 7) is 7.89. The largest absolute Gasteiger partial charge is 0.460 e. The number of hydrogen-bond acceptors (Lipinski definition) is 4. The monoisotopic (exact) mass is 307 g/mol. The van der Waals surface area contributed by atoms with Gasteiger partial charge in [-0.1, -0.05) is 25.4 Å². The maximum atomic E-state index is 12.0. The minimum absolute atomic E-state index is 0.0644. The van der Waals surface area contributed by atoms with Crippen molar-refractivity contribution < 1.29 is 13.9 Å². The van der Waals surface area contributed by atoms with Crippen LogP contribution >= 0.6 is 11.6 Å². The highest BCUT2D eigenvalue weighted by molar-refractivity contribution is 6.30. The van der Waals surface area contributed by atoms with Crippen molar-refractivity contribution in [1.29, 1.82) is 0 Å². The summed E-state index contributed by atoms with van der Waals surface area (Å²) in [4.78, 5) is 16.4. The van der Waals surface area contributed by atoms with E-state index < -0.39 is 5.97 Å². The maximum absolute atomic E-state index is 12.0. The molecule has 0 saturated heterocycles. The van der Waals surface area contributed by atoms with E-state index in [9.17, 15) is 4.79 Å². The van der Waals surface area contributed by atoms with Crippen LogP contribution < -0.4 is 0 Å². The molecule has 1 aromatic carbocycles. The van der Waals surface area contributed by atoms with Crippen LogP contribution in [-0.4, -0.2) is 17.6 Å². The average Bonchev–Trinajstić information content (AvgIpc) is 2.84. The Labute approximate surface area is 129 Å². The fourth-order valence-corrected chi connectivity index (χ4v) is 2.28. The van der Waals surface area contributed by atoms with E-state index in [4.69, 9.17) is 20.8 Å². The molecule has 0 radical (unpaired) electrons. The van der Waals surface area contributed by atoms with E-state index in [0.29, 0.717) is 23.2 Å². The molecule has 5 heteroatoms. The average molecular weight is 308 g/mol. The number of carbonyl (C=O) groups is 1. The van der Waals surface area contributed by atoms with Crippen LogP contribution in [0, 0.1) is 6.92 Å². The number of benzene rings is 1. The lowest BCUT2D eigenvalue weighted by Crippen LogP contribution is -2.07. The van der Waals surface area contributed by atoms with Gasteiger partial charge in [0.25, 0.3) is 0 Å². The van der Waals surface area contributed by atoms with Crippen LogP contribution in [0.25, 0.3) is 11.5 Å². The first-order valence-corrected chi connectivity index (χ1v) is 7.26. The molecule has 112 valence electrons. The van der Waals surface area contributed by atoms with Crippen molar-refractivity contribution >= 4 is 17.6 Å². The first-order valence-electron chi connectivity index (χ1n) is 6.88. The second kappa shape index (κ2) is 6.31. The van der Waals surface area contributed by atoms with Crippen LogP contribution in [0.2, 0.25) is 5.02 Å². The number of carbonyl (C=O) groups excluding carboxylic acids is 1. The van der Waals surface area contributed by atoms with Gasteiger partial charge in [0.2, 0.25) is 11.7 Å². The molecule has 2 aromatic rings. The molecule has 0 saturated carbocycles. The first kappa shape index (κ1) is 15.6. The van der Waals surface area contributed by atoms with Gasteiger partial charge in [-0.3, -0.25) is 0 Å². The second-order valence-electron chi connectivity index (χ2n) is 5.07. The highest BCUT2D eigenvalue weighted by atomic mass is 35.5. The van der Waals surface area contributed by atoms with E-state index in [-0.39, 0.29) is 11.7 Å². The van der Waals surface area contributed by atoms with Crippen molar-refractivity contribution in [2.45, 2.75) is 33.6 Å². The number of esters is 1. The summed E-state index contributed by atoms with van der Waals surface area (Å²) in [6.07, 6.45) is 0. The number of ether oxygens (including phenoxy) is 1. The number of rotatable bonds is 4. The SMILES string of the molecule is CCOC(=O)c1oc(-c2ccc(Cl)cc2C)nc1C(C)C. The van der Waals surface area contributed by atoms with Crippen molar-refractivity contribution in [2.75, 3.05) is 6.61 Å². The molecular formula is C16H18ClNO3. The highest BCUT2D eigenvalue weighted by Gasteiger charge is 2.24. The quantitative estimate of drug-likeness (QED) is 0.774. The molecule has 0 unspecified atom stereocenters. The summed E-state index contributed by atoms with van der Waals surface area (Å²) < 4.78 is 10.7. The Balaban J connectivity index is 2.51. The van der Waals surface area contributed by atoms with Gasteiger partial charge in [-0.2, -0.15) is 0 Å². The molecule has 4 nitrogen and oxygen atoms in total. The molecule has 0 amide bonds. The lowest BCUT2D eigenvalue weighted by atomic mass is 10.1. The third-order valence-electron chi connectivity index (χ3n) is 3.08. The lowest BCUT2D eigenvalue weighted by Gasteiger charge is -2.02. The minimum Gasteiger partial charge on any atom is -0.460 e. The summed E-state index contributed by atoms with van der Waals surface area (Å²) in [6, 6.07) is 5.44. The number of nitrogens with zero attached hydrogens (tertiary/aromatic N) is 1. The van der Waals surface area contributed by atoms with Crippen LogP contribution in [-0.2, 0) is 4.74 Å². The van der Waals surface area contributed by atoms with Gasteiger partial charge in [0, 0.05) is 10.6 Å². The molecule has 0 N–H and O–H groups in total. The molecule has 0 aliphatic heterocycles. The number of hydrogen-bond donors (Lipinski definition) is 0. The van der Waals surface area contributed by atoms with Crippen molar-refractivity contribution in [3.63, 3.8) is 0 Å². The van der Waals surface area contributed by atoms with Crippen LogP contribution in [0.4, 0.5) is 0 Å². The van der Waals surface area contributed by atoms with Gasteiger partial charge in [0.05, 0.1) is 12.3 Å². The minimum atomic E-state index is -0.480. The van der Waals surface area contributed by atoms with Crippen LogP contribution in [0.1, 0.15) is 48.5 Å². The Hall–Kier alpha value is -1.81. The molecule has 1 aromatic heterocycles. The summed E-state index contributed by atoms with van der Waals surface area (Å²) in [7, 11) is 0. The van der Waals surface area contributed by atoms with Crippen LogP contribution in [0.3, 0.4) is 0 Å². The predicted molar refractivity (Wildman–Crippen MR) is 81.7 cm³/mol. The fourth-order valence-electron chi connectivity index (χ4n) is 2.05. The third-order valence-corrected chi connectivity index (χ3v) is 3.32. The van der Waals surface area contributed by atoms with E-state index in [1.165, 1.54) is 0 Å². The molecule has 0 bridgehead atoms. The Morgan fingerprint density at radius 3 is 2.71 bits per heavy atom. The molecule has 0 atom stereocenters. The molecular weight excluding hydrogens is 290 g/mol. The predicted octanol–water partition coefficient (Wildman–Crippen LogP) is 4.60. The molecule has 2 rings (SSSR count). The van der Waals surface area contributed by atoms with Gasteiger partial charge >= 0.3 is 5.97 Å². The highest BCUT2D eigenvalue weighted by Crippen LogP contribution is 2.30. The third kappa shape index (κ3) is 3.27. The van der Waals surface area contributed by atoms with Crippen LogP contribution in [0.15, 0.2) is 22.6 Å². The van der Waals surface area contributed by atoms with Gasteiger partial charge < -0.3 is 9.15 Å². The molecule has 0 spiro atoms. The van der Waals surface area contributed by atoms with Gasteiger partial charge in [-0.05, 0) is 43.5 Å². The van der Waals surface area contributed by atoms with Crippen molar-refractivity contribution in [3.05, 3.63) is 40.2 Å². The van der Waals surface area contributed by atoms with E-state index in [1.807, 2.05) is 32.9 Å². The van der Waals surface area contributed by atoms with Gasteiger partial charge in [-0.15, -0.1) is 0 Å². The van der Waals surface area contributed by atoms with Gasteiger partial charge in [-0.25, -0.2) is 9.78 Å². The lowest BCUT2D eigenvalue weighted by molar-refractivity contribution is 0.0488. The molecule has 0 aliphatic carbocycles. The molecule has 0 fully saturated rings. The van der Waals surface area contributed by atoms with Crippen molar-refractivity contribution in [3.8, 4) is 11.5 Å². The molecule has 21 heavy (non-hydrogen) atoms. The van der Waals surface area contributed by atoms with Gasteiger partial charge in [0.15, 0.2) is 0 Å². The van der Waals surface area contributed by atoms with Crippen LogP contribution in [0.5, 0.6) is 0 Å². The van der Waals surface area contributed by atoms with Gasteiger partial charge in [0.1, 0.15) is 0 Å². The van der Waals surface area contributed by atoms with Crippen molar-refractivity contribution in [1.82, 2.24) is 4.98 Å². The number of aryl methyl sites for hydroxylation is 1. The topological polar surface area (TPSA) is 52.3 Å².